The van der Waals surface area contributed by atoms with Crippen molar-refractivity contribution in [3.63, 3.8) is 0 Å². The molecule has 0 aromatic carbocycles. The number of hydrogen-bond acceptors (Lipinski definition) is 4. The average Bonchev–Trinajstić information content (AvgIpc) is 3.40. The lowest BCUT2D eigenvalue weighted by Crippen LogP contribution is -2.35. The lowest BCUT2D eigenvalue weighted by Gasteiger charge is -2.24. The fourth-order valence-electron chi connectivity index (χ4n) is 4.15. The van der Waals surface area contributed by atoms with E-state index in [1.165, 1.54) is 16.2 Å². The van der Waals surface area contributed by atoms with E-state index < -0.39 is 17.8 Å². The number of hydrogen-bond donors (Lipinski definition) is 3. The molecule has 3 aliphatic carbocycles. The number of aliphatic carboxylic acids is 1. The highest BCUT2D eigenvalue weighted by Gasteiger charge is 2.36. The Bertz CT molecular complexity index is 840. The van der Waals surface area contributed by atoms with Crippen LogP contribution in [0.15, 0.2) is 12.2 Å². The third-order valence-electron chi connectivity index (χ3n) is 5.97. The van der Waals surface area contributed by atoms with Crippen molar-refractivity contribution in [1.29, 1.82) is 0 Å². The summed E-state index contributed by atoms with van der Waals surface area (Å²) >= 11 is 1.49. The van der Waals surface area contributed by atoms with Gasteiger partial charge < -0.3 is 15.7 Å². The number of fused-ring (bicyclic) bond motifs is 1. The summed E-state index contributed by atoms with van der Waals surface area (Å²) in [5, 5.41) is 16.0. The number of thiophene rings is 1. The van der Waals surface area contributed by atoms with Crippen LogP contribution in [0.3, 0.4) is 0 Å². The topological polar surface area (TPSA) is 95.5 Å². The minimum atomic E-state index is -0.949. The molecule has 1 fully saturated rings. The molecular weight excluding hydrogens is 376 g/mol. The fourth-order valence-corrected chi connectivity index (χ4v) is 5.56. The molecule has 0 unspecified atom stereocenters. The first-order valence-electron chi connectivity index (χ1n) is 10.1. The van der Waals surface area contributed by atoms with Gasteiger partial charge in [0.25, 0.3) is 5.91 Å². The van der Waals surface area contributed by atoms with E-state index in [-0.39, 0.29) is 17.9 Å². The summed E-state index contributed by atoms with van der Waals surface area (Å²) in [5.74, 6) is -2.13. The third-order valence-corrected chi connectivity index (χ3v) is 7.14. The Balaban J connectivity index is 1.61. The zero-order valence-corrected chi connectivity index (χ0v) is 16.8. The molecule has 0 bridgehead atoms. The van der Waals surface area contributed by atoms with E-state index in [2.05, 4.69) is 17.6 Å². The Kier molecular flexibility index (Phi) is 5.27. The largest absolute Gasteiger partial charge is 0.481 e. The number of carbonyl (C=O) groups excluding carboxylic acids is 2. The molecule has 0 aliphatic heterocycles. The second-order valence-corrected chi connectivity index (χ2v) is 9.39. The molecule has 0 saturated heterocycles. The highest BCUT2D eigenvalue weighted by atomic mass is 32.1. The molecule has 28 heavy (non-hydrogen) atoms. The number of rotatable bonds is 5. The highest BCUT2D eigenvalue weighted by Crippen LogP contribution is 2.40. The van der Waals surface area contributed by atoms with E-state index in [1.807, 2.05) is 12.2 Å². The lowest BCUT2D eigenvalue weighted by atomic mass is 9.82. The van der Waals surface area contributed by atoms with Gasteiger partial charge in [-0.3, -0.25) is 14.4 Å². The van der Waals surface area contributed by atoms with Crippen molar-refractivity contribution in [3.05, 3.63) is 28.2 Å². The molecule has 1 aromatic rings. The van der Waals surface area contributed by atoms with Crippen molar-refractivity contribution in [2.45, 2.75) is 57.9 Å². The van der Waals surface area contributed by atoms with Crippen molar-refractivity contribution >= 4 is 34.1 Å². The maximum absolute atomic E-state index is 12.9. The summed E-state index contributed by atoms with van der Waals surface area (Å²) in [4.78, 5) is 38.6. The van der Waals surface area contributed by atoms with Crippen LogP contribution in [0.5, 0.6) is 0 Å². The van der Waals surface area contributed by atoms with Crippen molar-refractivity contribution in [2.75, 3.05) is 5.32 Å². The number of carbonyl (C=O) groups is 3. The number of allylic oxidation sites excluding steroid dienone is 2. The standard InChI is InChI=1S/C21H26N2O4S/c1-11-6-9-15-16(10-11)28-20(17(15)19(25)22-12-7-8-12)23-18(24)13-4-2-3-5-14(13)21(26)27/h2-3,11-14H,4-10H2,1H3,(H,22,25)(H,23,24)(H,26,27)/t11-,13-,14-/m0/s1. The van der Waals surface area contributed by atoms with E-state index >= 15 is 0 Å². The van der Waals surface area contributed by atoms with Gasteiger partial charge in [-0.25, -0.2) is 0 Å². The van der Waals surface area contributed by atoms with Crippen LogP contribution >= 0.6 is 11.3 Å². The first kappa shape index (κ1) is 19.2. The van der Waals surface area contributed by atoms with E-state index in [4.69, 9.17) is 0 Å². The Morgan fingerprint density at radius 1 is 1.11 bits per heavy atom. The minimum Gasteiger partial charge on any atom is -0.481 e. The predicted octanol–water partition coefficient (Wildman–Crippen LogP) is 3.37. The number of carboxylic acids is 1. The Morgan fingerprint density at radius 3 is 2.50 bits per heavy atom. The summed E-state index contributed by atoms with van der Waals surface area (Å²) in [6.45, 7) is 2.21. The van der Waals surface area contributed by atoms with E-state index in [0.29, 0.717) is 29.3 Å². The second-order valence-electron chi connectivity index (χ2n) is 8.29. The monoisotopic (exact) mass is 402 g/mol. The summed E-state index contributed by atoms with van der Waals surface area (Å²) in [5.41, 5.74) is 1.67. The van der Waals surface area contributed by atoms with Crippen LogP contribution in [0.2, 0.25) is 0 Å². The van der Waals surface area contributed by atoms with Crippen LogP contribution in [0.1, 0.15) is 59.8 Å². The Morgan fingerprint density at radius 2 is 1.82 bits per heavy atom. The van der Waals surface area contributed by atoms with E-state index in [1.54, 1.807) is 0 Å². The molecule has 3 N–H and O–H groups in total. The van der Waals surface area contributed by atoms with Gasteiger partial charge in [0.05, 0.1) is 17.4 Å². The average molecular weight is 403 g/mol. The molecule has 1 aromatic heterocycles. The van der Waals surface area contributed by atoms with Crippen LogP contribution in [0.25, 0.3) is 0 Å². The van der Waals surface area contributed by atoms with Gasteiger partial charge in [-0.15, -0.1) is 11.3 Å². The van der Waals surface area contributed by atoms with Crippen LogP contribution in [-0.4, -0.2) is 28.9 Å². The molecule has 2 amide bonds. The van der Waals surface area contributed by atoms with Crippen molar-refractivity contribution < 1.29 is 19.5 Å². The van der Waals surface area contributed by atoms with Gasteiger partial charge >= 0.3 is 5.97 Å². The molecule has 0 spiro atoms. The SMILES string of the molecule is C[C@H]1CCc2c(sc(NC(=O)[C@H]3CC=CC[C@@H]3C(=O)O)c2C(=O)NC2CC2)C1. The summed E-state index contributed by atoms with van der Waals surface area (Å²) < 4.78 is 0. The molecule has 1 saturated carbocycles. The van der Waals surface area contributed by atoms with Gasteiger partial charge in [0.2, 0.25) is 5.91 Å². The first-order chi connectivity index (χ1) is 13.4. The zero-order valence-electron chi connectivity index (χ0n) is 16.0. The smallest absolute Gasteiger partial charge is 0.307 e. The number of carboxylic acid groups (broad SMARTS) is 1. The maximum atomic E-state index is 12.9. The summed E-state index contributed by atoms with van der Waals surface area (Å²) in [6, 6.07) is 0.244. The van der Waals surface area contributed by atoms with Crippen molar-refractivity contribution in [2.24, 2.45) is 17.8 Å². The van der Waals surface area contributed by atoms with Crippen molar-refractivity contribution in [3.8, 4) is 0 Å². The molecule has 3 atom stereocenters. The van der Waals surface area contributed by atoms with E-state index in [9.17, 15) is 19.5 Å². The molecule has 3 aliphatic rings. The highest BCUT2D eigenvalue weighted by molar-refractivity contribution is 7.17. The molecular formula is C21H26N2O4S. The van der Waals surface area contributed by atoms with Gasteiger partial charge in [0.1, 0.15) is 5.00 Å². The quantitative estimate of drug-likeness (QED) is 0.658. The number of nitrogens with one attached hydrogen (secondary N) is 2. The first-order valence-corrected chi connectivity index (χ1v) is 10.9. The van der Waals surface area contributed by atoms with Crippen LogP contribution < -0.4 is 10.6 Å². The predicted molar refractivity (Wildman–Crippen MR) is 108 cm³/mol. The van der Waals surface area contributed by atoms with Gasteiger partial charge in [0, 0.05) is 10.9 Å². The molecule has 150 valence electrons. The van der Waals surface area contributed by atoms with Gasteiger partial charge in [-0.1, -0.05) is 19.1 Å². The third kappa shape index (κ3) is 3.85. The van der Waals surface area contributed by atoms with Gasteiger partial charge in [-0.05, 0) is 56.4 Å². The zero-order chi connectivity index (χ0) is 19.8. The minimum absolute atomic E-state index is 0.108. The molecule has 0 radical (unpaired) electrons. The summed E-state index contributed by atoms with van der Waals surface area (Å²) in [6.07, 6.45) is 9.28. The normalized spacial score (nSPS) is 26.4. The van der Waals surface area contributed by atoms with Crippen LogP contribution in [-0.2, 0) is 22.4 Å². The number of anilines is 1. The lowest BCUT2D eigenvalue weighted by molar-refractivity contribution is -0.146. The van der Waals surface area contributed by atoms with Crippen LogP contribution in [0, 0.1) is 17.8 Å². The molecule has 6 nitrogen and oxygen atoms in total. The maximum Gasteiger partial charge on any atom is 0.307 e. The van der Waals surface area contributed by atoms with Crippen molar-refractivity contribution in [1.82, 2.24) is 5.32 Å². The van der Waals surface area contributed by atoms with Crippen LogP contribution in [0.4, 0.5) is 5.00 Å². The number of amides is 2. The van der Waals surface area contributed by atoms with E-state index in [0.717, 1.165) is 37.7 Å². The molecule has 1 heterocycles. The second kappa shape index (κ2) is 7.70. The Labute approximate surface area is 168 Å². The fraction of sp³-hybridized carbons (Fsp3) is 0.571. The molecule has 4 rings (SSSR count). The van der Waals surface area contributed by atoms with Gasteiger partial charge in [-0.2, -0.15) is 0 Å². The molecule has 7 heteroatoms. The Hall–Kier alpha value is -2.15. The summed E-state index contributed by atoms with van der Waals surface area (Å²) in [7, 11) is 0. The van der Waals surface area contributed by atoms with Gasteiger partial charge in [0.15, 0.2) is 0 Å².